The van der Waals surface area contributed by atoms with Crippen molar-refractivity contribution in [3.8, 4) is 0 Å². The molecule has 0 aliphatic rings. The zero-order valence-electron chi connectivity index (χ0n) is 59.8. The van der Waals surface area contributed by atoms with Gasteiger partial charge in [-0.15, -0.1) is 0 Å². The van der Waals surface area contributed by atoms with Gasteiger partial charge in [0.05, 0.1) is 0 Å². The lowest BCUT2D eigenvalue weighted by molar-refractivity contribution is 0.524. The van der Waals surface area contributed by atoms with Crippen LogP contribution in [0.15, 0.2) is 0 Å². The van der Waals surface area contributed by atoms with Gasteiger partial charge in [0.25, 0.3) is 0 Å². The van der Waals surface area contributed by atoms with Crippen molar-refractivity contribution in [1.29, 1.82) is 0 Å². The van der Waals surface area contributed by atoms with Crippen molar-refractivity contribution in [1.82, 2.24) is 0 Å². The lowest BCUT2D eigenvalue weighted by Gasteiger charge is -2.02. The number of rotatable bonds is 26. The molecule has 0 aromatic heterocycles. The van der Waals surface area contributed by atoms with Gasteiger partial charge >= 0.3 is 0 Å². The van der Waals surface area contributed by atoms with Gasteiger partial charge in [-0.25, -0.2) is 0 Å². The third-order valence-electron chi connectivity index (χ3n) is 9.81. The Morgan fingerprint density at radius 1 is 0.266 bits per heavy atom. The van der Waals surface area contributed by atoms with E-state index >= 15 is 0 Å². The second kappa shape index (κ2) is 137. The Bertz CT molecular complexity index is 672. The van der Waals surface area contributed by atoms with Crippen molar-refractivity contribution >= 4 is 0 Å². The van der Waals surface area contributed by atoms with Gasteiger partial charge in [-0.3, -0.25) is 0 Å². The van der Waals surface area contributed by atoms with E-state index in [4.69, 9.17) is 80.3 Å². The molecule has 0 saturated carbocycles. The van der Waals surface area contributed by atoms with Gasteiger partial charge in [0.2, 0.25) is 0 Å². The van der Waals surface area contributed by atoms with Gasteiger partial charge < -0.3 is 86.0 Å². The van der Waals surface area contributed by atoms with Gasteiger partial charge in [0.1, 0.15) is 0 Å². The summed E-state index contributed by atoms with van der Waals surface area (Å²) in [5.74, 6) is 3.79. The van der Waals surface area contributed by atoms with Gasteiger partial charge in [0.15, 0.2) is 0 Å². The van der Waals surface area contributed by atoms with E-state index in [2.05, 4.69) is 130 Å². The lowest BCUT2D eigenvalue weighted by atomic mass is 10.1. The molecule has 0 aromatic rings. The van der Waals surface area contributed by atoms with Crippen LogP contribution in [0.4, 0.5) is 0 Å². The highest BCUT2D eigenvalue weighted by atomic mass is 14.6. The Balaban J connectivity index is -0.0000000430. The summed E-state index contributed by atoms with van der Waals surface area (Å²) >= 11 is 0. The molecule has 0 amide bonds. The summed E-state index contributed by atoms with van der Waals surface area (Å²) in [7, 11) is 1.50. The van der Waals surface area contributed by atoms with Crippen LogP contribution in [0.1, 0.15) is 294 Å². The van der Waals surface area contributed by atoms with E-state index in [1.165, 1.54) is 103 Å². The van der Waals surface area contributed by atoms with Crippen LogP contribution in [0.25, 0.3) is 0 Å². The van der Waals surface area contributed by atoms with Crippen LogP contribution < -0.4 is 86.0 Å². The van der Waals surface area contributed by atoms with Gasteiger partial charge in [-0.1, -0.05) is 203 Å². The SMILES string of the molecule is CC(C)CCCN.CC(C)CCN.CC(C)CN.CC(C)N.CCC(C)CCN.CCC(C)CN.CCC(C)N.CCC(N)CC.CCCC(C)N.CCCCCCN.CCCCCN.CCCCN.CCCN.CCN.CN. The first-order valence-electron chi connectivity index (χ1n) is 32.7. The van der Waals surface area contributed by atoms with Gasteiger partial charge in [-0.2, -0.15) is 0 Å². The van der Waals surface area contributed by atoms with Gasteiger partial charge in [0, 0.05) is 18.1 Å². The Morgan fingerprint density at radius 2 is 0.570 bits per heavy atom. The maximum absolute atomic E-state index is 5.47. The highest BCUT2D eigenvalue weighted by Crippen LogP contribution is 2.03. The maximum Gasteiger partial charge on any atom is 0.00335 e. The number of hydrogen-bond acceptors (Lipinski definition) is 15. The fourth-order valence-electron chi connectivity index (χ4n) is 3.43. The Hall–Kier alpha value is -0.600. The number of nitrogens with two attached hydrogens (primary N) is 15. The minimum atomic E-state index is 0.333. The van der Waals surface area contributed by atoms with Crippen LogP contribution in [0.5, 0.6) is 0 Å². The molecule has 0 fully saturated rings. The summed E-state index contributed by atoms with van der Waals surface area (Å²) in [5.41, 5.74) is 77.5. The zero-order chi connectivity index (χ0) is 66.1. The van der Waals surface area contributed by atoms with Crippen LogP contribution in [0, 0.1) is 29.6 Å². The minimum Gasteiger partial charge on any atom is -0.333 e. The number of unbranched alkanes of at least 4 members (excludes halogenated alkanes) is 6. The highest BCUT2D eigenvalue weighted by Gasteiger charge is 1.93. The second-order valence-corrected chi connectivity index (χ2v) is 21.4. The molecule has 0 bridgehead atoms. The van der Waals surface area contributed by atoms with Crippen molar-refractivity contribution in [2.75, 3.05) is 72.5 Å². The molecule has 0 heterocycles. The van der Waals surface area contributed by atoms with Crippen LogP contribution in [0.3, 0.4) is 0 Å². The Labute approximate surface area is 504 Å². The molecule has 0 saturated heterocycles. The smallest absolute Gasteiger partial charge is 0.00335 e. The van der Waals surface area contributed by atoms with E-state index in [0.29, 0.717) is 36.0 Å². The van der Waals surface area contributed by atoms with Crippen molar-refractivity contribution in [2.24, 2.45) is 116 Å². The summed E-state index contributed by atoms with van der Waals surface area (Å²) in [4.78, 5) is 0. The largest absolute Gasteiger partial charge is 0.333 e. The summed E-state index contributed by atoms with van der Waals surface area (Å²) in [6.07, 6.45) is 25.3. The molecule has 4 unspecified atom stereocenters. The van der Waals surface area contributed by atoms with Crippen LogP contribution in [-0.2, 0) is 0 Å². The highest BCUT2D eigenvalue weighted by molar-refractivity contribution is 4.52. The molecule has 0 spiro atoms. The quantitative estimate of drug-likeness (QED) is 0.0358. The zero-order valence-corrected chi connectivity index (χ0v) is 59.8. The van der Waals surface area contributed by atoms with Gasteiger partial charge in [-0.05, 0) is 199 Å². The fraction of sp³-hybridized carbons (Fsp3) is 1.00. The fourth-order valence-corrected chi connectivity index (χ4v) is 3.43. The molecule has 15 nitrogen and oxygen atoms in total. The molecule has 504 valence electrons. The summed E-state index contributed by atoms with van der Waals surface area (Å²) < 4.78 is 0. The third-order valence-corrected chi connectivity index (χ3v) is 9.81. The van der Waals surface area contributed by atoms with E-state index < -0.39 is 0 Å². The predicted molar refractivity (Wildman–Crippen MR) is 377 cm³/mol. The van der Waals surface area contributed by atoms with Crippen LogP contribution in [0.2, 0.25) is 0 Å². The first-order chi connectivity index (χ1) is 37.1. The maximum atomic E-state index is 5.47. The summed E-state index contributed by atoms with van der Waals surface area (Å²) in [6.45, 7) is 56.8. The lowest BCUT2D eigenvalue weighted by Crippen LogP contribution is -2.16. The van der Waals surface area contributed by atoms with E-state index in [-0.39, 0.29) is 0 Å². The van der Waals surface area contributed by atoms with Crippen molar-refractivity contribution in [3.05, 3.63) is 0 Å². The predicted octanol–water partition coefficient (Wildman–Crippen LogP) is 12.0. The first-order valence-corrected chi connectivity index (χ1v) is 32.7. The summed E-state index contributed by atoms with van der Waals surface area (Å²) in [5, 5.41) is 0. The monoisotopic (exact) mass is 1150 g/mol. The molecule has 0 aliphatic heterocycles. The van der Waals surface area contributed by atoms with E-state index in [9.17, 15) is 0 Å². The van der Waals surface area contributed by atoms with Crippen LogP contribution in [-0.4, -0.2) is 96.7 Å². The molecule has 0 radical (unpaired) electrons. The molecule has 4 atom stereocenters. The minimum absolute atomic E-state index is 0.333. The average Bonchev–Trinajstić information content (AvgIpc) is 3.41. The van der Waals surface area contributed by atoms with Crippen molar-refractivity contribution < 1.29 is 0 Å². The van der Waals surface area contributed by atoms with Crippen LogP contribution >= 0.6 is 0 Å². The van der Waals surface area contributed by atoms with E-state index in [1.807, 2.05) is 34.6 Å². The standard InChI is InChI=1S/3C6H15N.5C5H13N.3C4H11N.2C3H9N.C2H7N.CH5N/c1-6(2)4-3-5-7;1-3-6(2)4-5-7;1-2-3-4-5-6-7;1-5(2)3-4-6;1-3-5(2)4-6;1-3-4-5(2)6;1-3-5(6)4-2;1-2-3-4-5-6;1-4(2)3-5;1-3-4(2)5;1-2-3-4-5;1-3(2)4;1-2-3-4;1-2-3;1-2/h2*6H,3-5,7H2,1-2H3;2-7H2,1H3;4*5H,3-4,6H2,1-2H3;2-6H2,1H3;2*4H,3,5H2,1-2H3;2-5H2,1H3;3H,4H2,1-2H3;2-4H2,1H3;2-3H2,1H3;2H2,1H3. The molecule has 79 heavy (non-hydrogen) atoms. The topological polar surface area (TPSA) is 390 Å². The summed E-state index contributed by atoms with van der Waals surface area (Å²) in [6, 6.07) is 1.55. The molecule has 30 N–H and O–H groups in total. The molecular formula is C64H173N15. The molecule has 15 heteroatoms. The van der Waals surface area contributed by atoms with Crippen molar-refractivity contribution in [2.45, 2.75) is 318 Å². The average molecular weight is 1150 g/mol. The first kappa shape index (κ1) is 117. The van der Waals surface area contributed by atoms with E-state index in [1.54, 1.807) is 0 Å². The van der Waals surface area contributed by atoms with E-state index in [0.717, 1.165) is 122 Å². The third kappa shape index (κ3) is 332. The molecular weight excluding hydrogens is 979 g/mol. The second-order valence-electron chi connectivity index (χ2n) is 21.4. The Morgan fingerprint density at radius 3 is 0.646 bits per heavy atom. The molecule has 0 rings (SSSR count). The number of hydrogen-bond donors (Lipinski definition) is 15. The molecule has 0 aromatic carbocycles. The molecule has 0 aliphatic carbocycles. The Kier molecular flexibility index (Phi) is 203. The normalized spacial score (nSPS) is 10.6. The van der Waals surface area contributed by atoms with Crippen molar-refractivity contribution in [3.63, 3.8) is 0 Å².